The molecule has 0 atom stereocenters. The first-order valence-corrected chi connectivity index (χ1v) is 6.74. The molecule has 0 heterocycles. The van der Waals surface area contributed by atoms with Crippen molar-refractivity contribution in [2.24, 2.45) is 5.16 Å². The lowest BCUT2D eigenvalue weighted by atomic mass is 10.0. The van der Waals surface area contributed by atoms with E-state index in [0.717, 1.165) is 16.7 Å². The van der Waals surface area contributed by atoms with E-state index >= 15 is 0 Å². The van der Waals surface area contributed by atoms with E-state index in [1.54, 1.807) is 28.3 Å². The highest BCUT2D eigenvalue weighted by atomic mass is 16.5. The summed E-state index contributed by atoms with van der Waals surface area (Å²) in [5, 5.41) is 12.0. The van der Waals surface area contributed by atoms with Crippen molar-refractivity contribution in [1.82, 2.24) is 0 Å². The van der Waals surface area contributed by atoms with Crippen LogP contribution >= 0.6 is 0 Å². The van der Waals surface area contributed by atoms with Crippen molar-refractivity contribution in [2.45, 2.75) is 6.92 Å². The first kappa shape index (κ1) is 15.7. The number of rotatable bonds is 5. The third-order valence-electron chi connectivity index (χ3n) is 3.47. The summed E-state index contributed by atoms with van der Waals surface area (Å²) in [6.45, 7) is 1.74. The van der Waals surface area contributed by atoms with Gasteiger partial charge in [-0.15, -0.1) is 0 Å². The SMILES string of the molecule is COc1ccc(-c2ccc(/C(C)=N/O)cc2)c(OC)c1OC. The smallest absolute Gasteiger partial charge is 0.203 e. The molecular formula is C17H19NO4. The fraction of sp³-hybridized carbons (Fsp3) is 0.235. The van der Waals surface area contributed by atoms with Gasteiger partial charge in [-0.05, 0) is 30.2 Å². The Bertz CT molecular complexity index is 678. The Morgan fingerprint density at radius 3 is 2.00 bits per heavy atom. The van der Waals surface area contributed by atoms with E-state index in [1.165, 1.54) is 0 Å². The normalized spacial score (nSPS) is 11.2. The molecule has 5 heteroatoms. The maximum atomic E-state index is 8.82. The van der Waals surface area contributed by atoms with Crippen LogP contribution in [0.15, 0.2) is 41.6 Å². The van der Waals surface area contributed by atoms with Gasteiger partial charge in [0.05, 0.1) is 27.0 Å². The third-order valence-corrected chi connectivity index (χ3v) is 3.47. The van der Waals surface area contributed by atoms with Gasteiger partial charge >= 0.3 is 0 Å². The van der Waals surface area contributed by atoms with Gasteiger partial charge in [-0.3, -0.25) is 0 Å². The summed E-state index contributed by atoms with van der Waals surface area (Å²) < 4.78 is 16.2. The summed E-state index contributed by atoms with van der Waals surface area (Å²) in [6, 6.07) is 11.4. The molecule has 0 saturated carbocycles. The fourth-order valence-corrected chi connectivity index (χ4v) is 2.28. The van der Waals surface area contributed by atoms with E-state index in [2.05, 4.69) is 5.16 Å². The lowest BCUT2D eigenvalue weighted by Crippen LogP contribution is -1.97. The Morgan fingerprint density at radius 2 is 1.50 bits per heavy atom. The third kappa shape index (κ3) is 2.83. The molecule has 0 radical (unpaired) electrons. The van der Waals surface area contributed by atoms with Crippen LogP contribution in [0.2, 0.25) is 0 Å². The Kier molecular flexibility index (Phi) is 4.88. The van der Waals surface area contributed by atoms with Gasteiger partial charge in [0.2, 0.25) is 5.75 Å². The van der Waals surface area contributed by atoms with Crippen molar-refractivity contribution >= 4 is 5.71 Å². The molecule has 0 amide bonds. The van der Waals surface area contributed by atoms with Crippen molar-refractivity contribution in [3.8, 4) is 28.4 Å². The minimum Gasteiger partial charge on any atom is -0.493 e. The van der Waals surface area contributed by atoms with Gasteiger partial charge in [-0.1, -0.05) is 29.4 Å². The van der Waals surface area contributed by atoms with Crippen LogP contribution in [-0.2, 0) is 0 Å². The number of hydrogen-bond donors (Lipinski definition) is 1. The monoisotopic (exact) mass is 301 g/mol. The van der Waals surface area contributed by atoms with Crippen LogP contribution in [0, 0.1) is 0 Å². The highest BCUT2D eigenvalue weighted by Gasteiger charge is 2.16. The predicted octanol–water partition coefficient (Wildman–Crippen LogP) is 3.58. The summed E-state index contributed by atoms with van der Waals surface area (Å²) in [4.78, 5) is 0. The van der Waals surface area contributed by atoms with Gasteiger partial charge in [0.25, 0.3) is 0 Å². The van der Waals surface area contributed by atoms with Gasteiger partial charge in [-0.25, -0.2) is 0 Å². The van der Waals surface area contributed by atoms with Crippen LogP contribution in [-0.4, -0.2) is 32.2 Å². The molecule has 0 aromatic heterocycles. The molecule has 22 heavy (non-hydrogen) atoms. The largest absolute Gasteiger partial charge is 0.493 e. The van der Waals surface area contributed by atoms with Crippen molar-refractivity contribution in [3.05, 3.63) is 42.0 Å². The van der Waals surface area contributed by atoms with Crippen LogP contribution < -0.4 is 14.2 Å². The Hall–Kier alpha value is -2.69. The molecule has 0 bridgehead atoms. The van der Waals surface area contributed by atoms with Gasteiger partial charge in [-0.2, -0.15) is 0 Å². The average molecular weight is 301 g/mol. The molecule has 0 saturated heterocycles. The first-order valence-electron chi connectivity index (χ1n) is 6.74. The van der Waals surface area contributed by atoms with Crippen molar-refractivity contribution in [2.75, 3.05) is 21.3 Å². The Balaban J connectivity index is 2.53. The number of methoxy groups -OCH3 is 3. The summed E-state index contributed by atoms with van der Waals surface area (Å²) in [5.74, 6) is 1.78. The standard InChI is InChI=1S/C17H19NO4/c1-11(18-19)12-5-7-13(8-6-12)14-9-10-15(20-2)17(22-4)16(14)21-3/h5-10,19H,1-4H3/b18-11+. The second kappa shape index (κ2) is 6.85. The van der Waals surface area contributed by atoms with Gasteiger partial charge in [0, 0.05) is 5.56 Å². The number of oxime groups is 1. The maximum absolute atomic E-state index is 8.82. The summed E-state index contributed by atoms with van der Waals surface area (Å²) in [5.41, 5.74) is 3.27. The number of benzene rings is 2. The van der Waals surface area contributed by atoms with E-state index in [9.17, 15) is 0 Å². The zero-order valence-corrected chi connectivity index (χ0v) is 13.1. The minimum absolute atomic E-state index is 0.555. The topological polar surface area (TPSA) is 60.3 Å². The molecule has 1 N–H and O–H groups in total. The van der Waals surface area contributed by atoms with Gasteiger partial charge in [0.1, 0.15) is 0 Å². The Morgan fingerprint density at radius 1 is 0.864 bits per heavy atom. The fourth-order valence-electron chi connectivity index (χ4n) is 2.28. The van der Waals surface area contributed by atoms with E-state index in [-0.39, 0.29) is 0 Å². The number of ether oxygens (including phenoxy) is 3. The predicted molar refractivity (Wildman–Crippen MR) is 85.5 cm³/mol. The molecule has 5 nitrogen and oxygen atoms in total. The Labute approximate surface area is 129 Å². The molecule has 0 aliphatic heterocycles. The van der Waals surface area contributed by atoms with Crippen molar-refractivity contribution < 1.29 is 19.4 Å². The van der Waals surface area contributed by atoms with Crippen molar-refractivity contribution in [3.63, 3.8) is 0 Å². The first-order chi connectivity index (χ1) is 10.7. The van der Waals surface area contributed by atoms with Crippen LogP contribution in [0.3, 0.4) is 0 Å². The molecular weight excluding hydrogens is 282 g/mol. The molecule has 2 rings (SSSR count). The minimum atomic E-state index is 0.555. The lowest BCUT2D eigenvalue weighted by Gasteiger charge is -2.16. The maximum Gasteiger partial charge on any atom is 0.203 e. The van der Waals surface area contributed by atoms with Gasteiger partial charge < -0.3 is 19.4 Å². The van der Waals surface area contributed by atoms with Crippen LogP contribution in [0.1, 0.15) is 12.5 Å². The van der Waals surface area contributed by atoms with E-state index < -0.39 is 0 Å². The molecule has 116 valence electrons. The van der Waals surface area contributed by atoms with E-state index in [1.807, 2.05) is 36.4 Å². The molecule has 0 unspecified atom stereocenters. The molecule has 0 spiro atoms. The quantitative estimate of drug-likeness (QED) is 0.521. The summed E-state index contributed by atoms with van der Waals surface area (Å²) >= 11 is 0. The van der Waals surface area contributed by atoms with E-state index in [0.29, 0.717) is 23.0 Å². The van der Waals surface area contributed by atoms with Crippen LogP contribution in [0.5, 0.6) is 17.2 Å². The average Bonchev–Trinajstić information content (AvgIpc) is 2.59. The van der Waals surface area contributed by atoms with Gasteiger partial charge in [0.15, 0.2) is 11.5 Å². The zero-order chi connectivity index (χ0) is 16.1. The molecule has 0 aliphatic carbocycles. The molecule has 2 aromatic carbocycles. The van der Waals surface area contributed by atoms with Crippen LogP contribution in [0.4, 0.5) is 0 Å². The second-order valence-electron chi connectivity index (χ2n) is 4.64. The highest BCUT2D eigenvalue weighted by Crippen LogP contribution is 2.44. The molecule has 0 aliphatic rings. The molecule has 2 aromatic rings. The second-order valence-corrected chi connectivity index (χ2v) is 4.64. The lowest BCUT2D eigenvalue weighted by molar-refractivity contribution is 0.319. The van der Waals surface area contributed by atoms with Crippen LogP contribution in [0.25, 0.3) is 11.1 Å². The van der Waals surface area contributed by atoms with E-state index in [4.69, 9.17) is 19.4 Å². The number of nitrogens with zero attached hydrogens (tertiary/aromatic N) is 1. The summed E-state index contributed by atoms with van der Waals surface area (Å²) in [7, 11) is 4.76. The molecule has 0 fully saturated rings. The van der Waals surface area contributed by atoms with Crippen molar-refractivity contribution in [1.29, 1.82) is 0 Å². The number of hydrogen-bond acceptors (Lipinski definition) is 5. The zero-order valence-electron chi connectivity index (χ0n) is 13.1. The highest BCUT2D eigenvalue weighted by molar-refractivity contribution is 5.98. The summed E-state index contributed by atoms with van der Waals surface area (Å²) in [6.07, 6.45) is 0.